The van der Waals surface area contributed by atoms with E-state index in [4.69, 9.17) is 4.74 Å². The monoisotopic (exact) mass is 269 g/mol. The third kappa shape index (κ3) is 3.77. The Labute approximate surface area is 121 Å². The summed E-state index contributed by atoms with van der Waals surface area (Å²) in [5.41, 5.74) is 3.73. The van der Waals surface area contributed by atoms with Gasteiger partial charge in [-0.05, 0) is 38.0 Å². The van der Waals surface area contributed by atoms with Gasteiger partial charge in [-0.25, -0.2) is 0 Å². The first-order valence-electron chi connectivity index (χ1n) is 7.27. The van der Waals surface area contributed by atoms with Gasteiger partial charge in [0.1, 0.15) is 5.75 Å². The molecular formula is C18H23NO. The first-order valence-corrected chi connectivity index (χ1v) is 7.27. The predicted octanol–water partition coefficient (Wildman–Crippen LogP) is 4.65. The number of ether oxygens (including phenoxy) is 1. The zero-order chi connectivity index (χ0) is 14.4. The standard InChI is InChI=1S/C18H23NO/c1-4-15-9-5-7-11-17(15)19-13-16-10-6-8-12-18(16)20-14(2)3/h5-12,14,19H,4,13H2,1-3H3. The summed E-state index contributed by atoms with van der Waals surface area (Å²) in [6, 6.07) is 16.7. The van der Waals surface area contributed by atoms with Crippen LogP contribution in [0.3, 0.4) is 0 Å². The lowest BCUT2D eigenvalue weighted by Gasteiger charge is -2.16. The molecule has 0 fully saturated rings. The molecule has 0 amide bonds. The van der Waals surface area contributed by atoms with Crippen molar-refractivity contribution in [2.45, 2.75) is 39.8 Å². The number of aryl methyl sites for hydroxylation is 1. The van der Waals surface area contributed by atoms with E-state index in [1.807, 2.05) is 12.1 Å². The van der Waals surface area contributed by atoms with Gasteiger partial charge < -0.3 is 10.1 Å². The van der Waals surface area contributed by atoms with Gasteiger partial charge in [0.15, 0.2) is 0 Å². The highest BCUT2D eigenvalue weighted by Gasteiger charge is 2.05. The summed E-state index contributed by atoms with van der Waals surface area (Å²) in [7, 11) is 0. The molecule has 2 aromatic carbocycles. The predicted molar refractivity (Wildman–Crippen MR) is 85.4 cm³/mol. The summed E-state index contributed by atoms with van der Waals surface area (Å²) in [5, 5.41) is 3.51. The van der Waals surface area contributed by atoms with Crippen molar-refractivity contribution in [1.29, 1.82) is 0 Å². The van der Waals surface area contributed by atoms with Crippen LogP contribution in [-0.4, -0.2) is 6.10 Å². The Kier molecular flexibility index (Phi) is 5.05. The highest BCUT2D eigenvalue weighted by Crippen LogP contribution is 2.22. The van der Waals surface area contributed by atoms with Crippen molar-refractivity contribution in [3.63, 3.8) is 0 Å². The minimum absolute atomic E-state index is 0.194. The molecule has 0 aliphatic heterocycles. The number of nitrogens with one attached hydrogen (secondary N) is 1. The van der Waals surface area contributed by atoms with Crippen LogP contribution in [0.15, 0.2) is 48.5 Å². The molecule has 0 saturated carbocycles. The molecule has 2 rings (SSSR count). The van der Waals surface area contributed by atoms with Crippen LogP contribution in [0.2, 0.25) is 0 Å². The van der Waals surface area contributed by atoms with Gasteiger partial charge in [-0.3, -0.25) is 0 Å². The van der Waals surface area contributed by atoms with Crippen molar-refractivity contribution in [3.05, 3.63) is 59.7 Å². The molecule has 0 heterocycles. The lowest BCUT2D eigenvalue weighted by Crippen LogP contribution is -2.09. The van der Waals surface area contributed by atoms with Crippen LogP contribution in [0.25, 0.3) is 0 Å². The van der Waals surface area contributed by atoms with Gasteiger partial charge in [-0.1, -0.05) is 43.3 Å². The van der Waals surface area contributed by atoms with Crippen molar-refractivity contribution < 1.29 is 4.74 Å². The first kappa shape index (κ1) is 14.4. The number of para-hydroxylation sites is 2. The maximum absolute atomic E-state index is 5.85. The highest BCUT2D eigenvalue weighted by atomic mass is 16.5. The van der Waals surface area contributed by atoms with Gasteiger partial charge in [0.25, 0.3) is 0 Å². The quantitative estimate of drug-likeness (QED) is 0.824. The molecule has 0 bridgehead atoms. The molecule has 106 valence electrons. The number of rotatable bonds is 6. The number of benzene rings is 2. The Morgan fingerprint density at radius 2 is 1.60 bits per heavy atom. The summed E-state index contributed by atoms with van der Waals surface area (Å²) in [5.74, 6) is 0.962. The van der Waals surface area contributed by atoms with Gasteiger partial charge in [-0.15, -0.1) is 0 Å². The minimum Gasteiger partial charge on any atom is -0.491 e. The second-order valence-corrected chi connectivity index (χ2v) is 5.14. The van der Waals surface area contributed by atoms with E-state index >= 15 is 0 Å². The van der Waals surface area contributed by atoms with E-state index in [1.165, 1.54) is 16.8 Å². The average molecular weight is 269 g/mol. The summed E-state index contributed by atoms with van der Waals surface area (Å²) in [4.78, 5) is 0. The number of hydrogen-bond acceptors (Lipinski definition) is 2. The van der Waals surface area contributed by atoms with Crippen molar-refractivity contribution in [1.82, 2.24) is 0 Å². The molecule has 20 heavy (non-hydrogen) atoms. The SMILES string of the molecule is CCc1ccccc1NCc1ccccc1OC(C)C. The molecule has 0 atom stereocenters. The van der Waals surface area contributed by atoms with Gasteiger partial charge >= 0.3 is 0 Å². The second-order valence-electron chi connectivity index (χ2n) is 5.14. The normalized spacial score (nSPS) is 10.6. The summed E-state index contributed by atoms with van der Waals surface area (Å²) in [6.07, 6.45) is 1.23. The van der Waals surface area contributed by atoms with E-state index in [0.29, 0.717) is 0 Å². The molecule has 0 saturated heterocycles. The maximum atomic E-state index is 5.85. The zero-order valence-corrected chi connectivity index (χ0v) is 12.5. The average Bonchev–Trinajstić information content (AvgIpc) is 2.46. The lowest BCUT2D eigenvalue weighted by molar-refractivity contribution is 0.240. The smallest absolute Gasteiger partial charge is 0.124 e. The molecule has 2 nitrogen and oxygen atoms in total. The van der Waals surface area contributed by atoms with Crippen LogP contribution in [0, 0.1) is 0 Å². The largest absolute Gasteiger partial charge is 0.491 e. The van der Waals surface area contributed by atoms with Crippen LogP contribution in [0.1, 0.15) is 31.9 Å². The molecule has 0 spiro atoms. The summed E-state index contributed by atoms with van der Waals surface area (Å²) >= 11 is 0. The lowest BCUT2D eigenvalue weighted by atomic mass is 10.1. The topological polar surface area (TPSA) is 21.3 Å². The van der Waals surface area contributed by atoms with Gasteiger partial charge in [0.2, 0.25) is 0 Å². The van der Waals surface area contributed by atoms with Gasteiger partial charge in [0.05, 0.1) is 6.10 Å². The third-order valence-corrected chi connectivity index (χ3v) is 3.20. The van der Waals surface area contributed by atoms with Gasteiger partial charge in [0, 0.05) is 17.8 Å². The van der Waals surface area contributed by atoms with Crippen LogP contribution in [0.4, 0.5) is 5.69 Å². The molecule has 0 radical (unpaired) electrons. The van der Waals surface area contributed by atoms with E-state index in [9.17, 15) is 0 Å². The van der Waals surface area contributed by atoms with Gasteiger partial charge in [-0.2, -0.15) is 0 Å². The molecule has 1 N–H and O–H groups in total. The molecule has 0 unspecified atom stereocenters. The Hall–Kier alpha value is -1.96. The molecule has 0 aliphatic rings. The van der Waals surface area contributed by atoms with E-state index in [2.05, 4.69) is 62.5 Å². The van der Waals surface area contributed by atoms with E-state index in [0.717, 1.165) is 18.7 Å². The molecule has 0 aromatic heterocycles. The van der Waals surface area contributed by atoms with Crippen LogP contribution in [0.5, 0.6) is 5.75 Å². The minimum atomic E-state index is 0.194. The fourth-order valence-electron chi connectivity index (χ4n) is 2.21. The van der Waals surface area contributed by atoms with Crippen molar-refractivity contribution in [3.8, 4) is 5.75 Å². The van der Waals surface area contributed by atoms with Crippen LogP contribution < -0.4 is 10.1 Å². The Morgan fingerprint density at radius 1 is 0.950 bits per heavy atom. The molecular weight excluding hydrogens is 246 g/mol. The molecule has 2 heteroatoms. The zero-order valence-electron chi connectivity index (χ0n) is 12.5. The Bertz CT molecular complexity index is 549. The van der Waals surface area contributed by atoms with Crippen molar-refractivity contribution >= 4 is 5.69 Å². The fourth-order valence-corrected chi connectivity index (χ4v) is 2.21. The Morgan fingerprint density at radius 3 is 2.30 bits per heavy atom. The van der Waals surface area contributed by atoms with E-state index in [1.54, 1.807) is 0 Å². The fraction of sp³-hybridized carbons (Fsp3) is 0.333. The van der Waals surface area contributed by atoms with E-state index in [-0.39, 0.29) is 6.10 Å². The second kappa shape index (κ2) is 6.99. The first-order chi connectivity index (χ1) is 9.70. The van der Waals surface area contributed by atoms with Crippen LogP contribution >= 0.6 is 0 Å². The van der Waals surface area contributed by atoms with Crippen LogP contribution in [-0.2, 0) is 13.0 Å². The maximum Gasteiger partial charge on any atom is 0.124 e. The third-order valence-electron chi connectivity index (χ3n) is 3.20. The van der Waals surface area contributed by atoms with Crippen molar-refractivity contribution in [2.24, 2.45) is 0 Å². The molecule has 2 aromatic rings. The number of hydrogen-bond donors (Lipinski definition) is 1. The Balaban J connectivity index is 2.11. The number of anilines is 1. The highest BCUT2D eigenvalue weighted by molar-refractivity contribution is 5.52. The summed E-state index contributed by atoms with van der Waals surface area (Å²) in [6.45, 7) is 7.06. The van der Waals surface area contributed by atoms with Crippen molar-refractivity contribution in [2.75, 3.05) is 5.32 Å². The summed E-state index contributed by atoms with van der Waals surface area (Å²) < 4.78 is 5.85. The molecule has 0 aliphatic carbocycles. The van der Waals surface area contributed by atoms with E-state index < -0.39 is 0 Å².